The Morgan fingerprint density at radius 3 is 2.65 bits per heavy atom. The van der Waals surface area contributed by atoms with Crippen LogP contribution in [0.1, 0.15) is 17.3 Å². The van der Waals surface area contributed by atoms with Gasteiger partial charge in [0.25, 0.3) is 0 Å². The lowest BCUT2D eigenvalue weighted by atomic mass is 10.0. The van der Waals surface area contributed by atoms with Crippen LogP contribution in [0.5, 0.6) is 0 Å². The van der Waals surface area contributed by atoms with Gasteiger partial charge in [0.15, 0.2) is 0 Å². The van der Waals surface area contributed by atoms with E-state index in [-0.39, 0.29) is 5.97 Å². The maximum absolute atomic E-state index is 12.1. The number of furan rings is 1. The summed E-state index contributed by atoms with van der Waals surface area (Å²) in [5, 5.41) is 0.898. The zero-order valence-electron chi connectivity index (χ0n) is 11.1. The van der Waals surface area contributed by atoms with Gasteiger partial charge in [-0.25, -0.2) is 4.79 Å². The van der Waals surface area contributed by atoms with Crippen LogP contribution in [0.2, 0.25) is 0 Å². The molecule has 0 unspecified atom stereocenters. The molecule has 1 aromatic heterocycles. The normalized spacial score (nSPS) is 10.7. The molecule has 2 aromatic carbocycles. The number of benzene rings is 2. The van der Waals surface area contributed by atoms with E-state index in [4.69, 9.17) is 9.15 Å². The van der Waals surface area contributed by atoms with Gasteiger partial charge in [-0.2, -0.15) is 0 Å². The molecule has 3 rings (SSSR count). The van der Waals surface area contributed by atoms with Crippen LogP contribution >= 0.6 is 0 Å². The molecule has 20 heavy (non-hydrogen) atoms. The molecule has 100 valence electrons. The Labute approximate surface area is 116 Å². The summed E-state index contributed by atoms with van der Waals surface area (Å²) in [5.41, 5.74) is 3.07. The van der Waals surface area contributed by atoms with Gasteiger partial charge in [0.2, 0.25) is 0 Å². The Hall–Kier alpha value is -2.55. The zero-order chi connectivity index (χ0) is 13.9. The third kappa shape index (κ3) is 2.18. The molecular weight excluding hydrogens is 252 g/mol. The fraction of sp³-hybridized carbons (Fsp3) is 0.118. The zero-order valence-corrected chi connectivity index (χ0v) is 11.1. The van der Waals surface area contributed by atoms with Crippen molar-refractivity contribution >= 4 is 16.9 Å². The second-order valence-electron chi connectivity index (χ2n) is 4.45. The molecule has 0 radical (unpaired) electrons. The first-order chi connectivity index (χ1) is 9.79. The second kappa shape index (κ2) is 5.21. The summed E-state index contributed by atoms with van der Waals surface area (Å²) >= 11 is 0. The van der Waals surface area contributed by atoms with E-state index in [1.807, 2.05) is 48.5 Å². The van der Waals surface area contributed by atoms with Gasteiger partial charge in [0.05, 0.1) is 12.9 Å². The van der Waals surface area contributed by atoms with Gasteiger partial charge in [-0.05, 0) is 36.2 Å². The molecule has 1 heterocycles. The lowest BCUT2D eigenvalue weighted by molar-refractivity contribution is 0.0527. The maximum Gasteiger partial charge on any atom is 0.341 e. The molecule has 0 saturated carbocycles. The molecule has 0 saturated heterocycles. The maximum atomic E-state index is 12.1. The van der Waals surface area contributed by atoms with Crippen molar-refractivity contribution in [1.82, 2.24) is 0 Å². The minimum absolute atomic E-state index is 0.344. The number of carbonyl (C=O) groups is 1. The van der Waals surface area contributed by atoms with Crippen molar-refractivity contribution in [2.24, 2.45) is 0 Å². The van der Waals surface area contributed by atoms with Crippen LogP contribution in [-0.4, -0.2) is 12.6 Å². The van der Waals surface area contributed by atoms with Crippen LogP contribution in [0, 0.1) is 0 Å². The van der Waals surface area contributed by atoms with E-state index in [1.165, 1.54) is 0 Å². The van der Waals surface area contributed by atoms with Crippen molar-refractivity contribution < 1.29 is 13.9 Å². The fourth-order valence-electron chi connectivity index (χ4n) is 2.24. The van der Waals surface area contributed by atoms with Crippen LogP contribution < -0.4 is 0 Å². The third-order valence-electron chi connectivity index (χ3n) is 3.15. The average molecular weight is 266 g/mol. The van der Waals surface area contributed by atoms with Gasteiger partial charge in [-0.3, -0.25) is 0 Å². The molecule has 0 N–H and O–H groups in total. The molecule has 0 aliphatic heterocycles. The molecule has 0 aliphatic carbocycles. The van der Waals surface area contributed by atoms with E-state index >= 15 is 0 Å². The Bertz CT molecular complexity index is 741. The van der Waals surface area contributed by atoms with Crippen molar-refractivity contribution in [3.63, 3.8) is 0 Å². The topological polar surface area (TPSA) is 39.4 Å². The summed E-state index contributed by atoms with van der Waals surface area (Å²) in [6, 6.07) is 15.6. The van der Waals surface area contributed by atoms with Gasteiger partial charge >= 0.3 is 5.97 Å². The summed E-state index contributed by atoms with van der Waals surface area (Å²) in [6.07, 6.45) is 1.59. The van der Waals surface area contributed by atoms with E-state index in [9.17, 15) is 4.79 Å². The number of esters is 1. The van der Waals surface area contributed by atoms with Crippen molar-refractivity contribution in [3.05, 3.63) is 60.4 Å². The van der Waals surface area contributed by atoms with Gasteiger partial charge in [-0.15, -0.1) is 0 Å². The molecule has 0 amide bonds. The van der Waals surface area contributed by atoms with E-state index < -0.39 is 0 Å². The number of hydrogen-bond donors (Lipinski definition) is 0. The Morgan fingerprint density at radius 2 is 1.90 bits per heavy atom. The minimum atomic E-state index is -0.356. The van der Waals surface area contributed by atoms with E-state index in [0.717, 1.165) is 16.5 Å². The second-order valence-corrected chi connectivity index (χ2v) is 4.45. The fourth-order valence-corrected chi connectivity index (χ4v) is 2.24. The first-order valence-corrected chi connectivity index (χ1v) is 6.53. The Kier molecular flexibility index (Phi) is 3.25. The monoisotopic (exact) mass is 266 g/mol. The summed E-state index contributed by atoms with van der Waals surface area (Å²) in [5.74, 6) is -0.356. The number of rotatable bonds is 3. The van der Waals surface area contributed by atoms with E-state index in [0.29, 0.717) is 17.8 Å². The van der Waals surface area contributed by atoms with Crippen LogP contribution in [0.15, 0.2) is 59.2 Å². The lowest BCUT2D eigenvalue weighted by Gasteiger charge is -2.06. The molecule has 3 nitrogen and oxygen atoms in total. The van der Waals surface area contributed by atoms with Crippen LogP contribution in [0.25, 0.3) is 22.1 Å². The highest BCUT2D eigenvalue weighted by Gasteiger charge is 2.16. The van der Waals surface area contributed by atoms with Crippen LogP contribution in [0.4, 0.5) is 0 Å². The number of hydrogen-bond acceptors (Lipinski definition) is 3. The van der Waals surface area contributed by atoms with E-state index in [2.05, 4.69) is 0 Å². The average Bonchev–Trinajstić information content (AvgIpc) is 2.95. The smallest absolute Gasteiger partial charge is 0.341 e. The number of ether oxygens (including phenoxy) is 1. The molecular formula is C17H14O3. The summed E-state index contributed by atoms with van der Waals surface area (Å²) in [6.45, 7) is 2.13. The van der Waals surface area contributed by atoms with Gasteiger partial charge < -0.3 is 9.15 Å². The van der Waals surface area contributed by atoms with Gasteiger partial charge in [0, 0.05) is 5.39 Å². The highest BCUT2D eigenvalue weighted by atomic mass is 16.5. The molecule has 3 aromatic rings. The highest BCUT2D eigenvalue weighted by molar-refractivity contribution is 6.04. The largest absolute Gasteiger partial charge is 0.463 e. The van der Waals surface area contributed by atoms with Crippen LogP contribution in [0.3, 0.4) is 0 Å². The lowest BCUT2D eigenvalue weighted by Crippen LogP contribution is -2.05. The van der Waals surface area contributed by atoms with Crippen molar-refractivity contribution in [2.45, 2.75) is 6.92 Å². The van der Waals surface area contributed by atoms with Crippen LogP contribution in [-0.2, 0) is 4.74 Å². The summed E-state index contributed by atoms with van der Waals surface area (Å²) < 4.78 is 10.5. The molecule has 3 heteroatoms. The highest BCUT2D eigenvalue weighted by Crippen LogP contribution is 2.29. The third-order valence-corrected chi connectivity index (χ3v) is 3.15. The van der Waals surface area contributed by atoms with Gasteiger partial charge in [0.1, 0.15) is 11.1 Å². The van der Waals surface area contributed by atoms with Crippen molar-refractivity contribution in [1.29, 1.82) is 0 Å². The Balaban J connectivity index is 2.18. The molecule has 0 aliphatic rings. The molecule has 0 fully saturated rings. The molecule has 0 bridgehead atoms. The standard InChI is InChI=1S/C17H14O3/c1-2-19-17(18)15-11-14(12-6-4-3-5-7-12)10-13-8-9-20-16(13)15/h3-11H,2H2,1H3. The predicted molar refractivity (Wildman–Crippen MR) is 77.6 cm³/mol. The predicted octanol–water partition coefficient (Wildman–Crippen LogP) is 4.28. The van der Waals surface area contributed by atoms with Crippen molar-refractivity contribution in [3.8, 4) is 11.1 Å². The quantitative estimate of drug-likeness (QED) is 0.664. The summed E-state index contributed by atoms with van der Waals surface area (Å²) in [7, 11) is 0. The van der Waals surface area contributed by atoms with Crippen molar-refractivity contribution in [2.75, 3.05) is 6.61 Å². The first-order valence-electron chi connectivity index (χ1n) is 6.53. The summed E-state index contributed by atoms with van der Waals surface area (Å²) in [4.78, 5) is 12.1. The first kappa shape index (κ1) is 12.5. The number of carbonyl (C=O) groups excluding carboxylic acids is 1. The Morgan fingerprint density at radius 1 is 1.10 bits per heavy atom. The SMILES string of the molecule is CCOC(=O)c1cc(-c2ccccc2)cc2ccoc12. The molecule has 0 spiro atoms. The number of fused-ring (bicyclic) bond motifs is 1. The minimum Gasteiger partial charge on any atom is -0.463 e. The van der Waals surface area contributed by atoms with E-state index in [1.54, 1.807) is 13.2 Å². The molecule has 0 atom stereocenters. The van der Waals surface area contributed by atoms with Gasteiger partial charge in [-0.1, -0.05) is 30.3 Å².